The van der Waals surface area contributed by atoms with E-state index in [0.29, 0.717) is 0 Å². The number of nitrogens with two attached hydrogens (primary N) is 1. The van der Waals surface area contributed by atoms with Gasteiger partial charge >= 0.3 is 0 Å². The molecule has 0 heterocycles. The van der Waals surface area contributed by atoms with E-state index in [1.807, 2.05) is 24.3 Å². The third kappa shape index (κ3) is 3.71. The molecule has 2 N–H and O–H groups in total. The van der Waals surface area contributed by atoms with Gasteiger partial charge in [-0.1, -0.05) is 22.0 Å². The van der Waals surface area contributed by atoms with Crippen LogP contribution in [-0.2, 0) is 5.75 Å². The van der Waals surface area contributed by atoms with E-state index >= 15 is 0 Å². The normalized spacial score (nSPS) is 10.4. The smallest absolute Gasteiger partial charge is 0.270 e. The Hall–Kier alpha value is -1.53. The first kappa shape index (κ1) is 13.9. The molecule has 0 fully saturated rings. The molecule has 0 aliphatic carbocycles. The van der Waals surface area contributed by atoms with Crippen LogP contribution in [0.2, 0.25) is 0 Å². The molecular weight excluding hydrogens is 328 g/mol. The fraction of sp³-hybridized carbons (Fsp3) is 0.0769. The van der Waals surface area contributed by atoms with E-state index < -0.39 is 4.92 Å². The average Bonchev–Trinajstić information content (AvgIpc) is 2.39. The van der Waals surface area contributed by atoms with E-state index in [9.17, 15) is 10.1 Å². The number of hydrogen-bond acceptors (Lipinski definition) is 4. The second-order valence-corrected chi connectivity index (χ2v) is 5.79. The lowest BCUT2D eigenvalue weighted by Crippen LogP contribution is -1.90. The van der Waals surface area contributed by atoms with Gasteiger partial charge in [0.25, 0.3) is 5.69 Å². The molecule has 0 saturated heterocycles. The van der Waals surface area contributed by atoms with Gasteiger partial charge in [-0.25, -0.2) is 0 Å². The van der Waals surface area contributed by atoms with Crippen LogP contribution in [0.5, 0.6) is 0 Å². The summed E-state index contributed by atoms with van der Waals surface area (Å²) in [6.45, 7) is 0. The molecule has 2 aromatic carbocycles. The Balaban J connectivity index is 2.07. The van der Waals surface area contributed by atoms with Crippen LogP contribution in [0.25, 0.3) is 0 Å². The first-order valence-corrected chi connectivity index (χ1v) is 7.25. The monoisotopic (exact) mass is 338 g/mol. The van der Waals surface area contributed by atoms with Gasteiger partial charge in [-0.3, -0.25) is 10.1 Å². The van der Waals surface area contributed by atoms with Crippen molar-refractivity contribution in [3.05, 3.63) is 62.6 Å². The van der Waals surface area contributed by atoms with Crippen molar-refractivity contribution in [3.8, 4) is 0 Å². The van der Waals surface area contributed by atoms with Crippen molar-refractivity contribution in [1.29, 1.82) is 0 Å². The summed E-state index contributed by atoms with van der Waals surface area (Å²) < 4.78 is 0.754. The van der Waals surface area contributed by atoms with Gasteiger partial charge in [-0.2, -0.15) is 0 Å². The van der Waals surface area contributed by atoms with E-state index in [-0.39, 0.29) is 5.69 Å². The minimum atomic E-state index is -0.401. The van der Waals surface area contributed by atoms with Crippen LogP contribution >= 0.6 is 27.7 Å². The molecule has 4 nitrogen and oxygen atoms in total. The Morgan fingerprint density at radius 2 is 1.89 bits per heavy atom. The molecule has 0 amide bonds. The lowest BCUT2D eigenvalue weighted by Gasteiger charge is -2.05. The van der Waals surface area contributed by atoms with Crippen LogP contribution in [0, 0.1) is 10.1 Å². The summed E-state index contributed by atoms with van der Waals surface area (Å²) in [4.78, 5) is 11.4. The lowest BCUT2D eigenvalue weighted by molar-refractivity contribution is -0.384. The molecule has 0 aliphatic heterocycles. The number of nitro benzene ring substituents is 1. The van der Waals surface area contributed by atoms with Crippen molar-refractivity contribution in [2.24, 2.45) is 0 Å². The highest BCUT2D eigenvalue weighted by molar-refractivity contribution is 9.10. The predicted octanol–water partition coefficient (Wildman–Crippen LogP) is 4.23. The highest BCUT2D eigenvalue weighted by atomic mass is 79.9. The van der Waals surface area contributed by atoms with Crippen molar-refractivity contribution >= 4 is 39.1 Å². The van der Waals surface area contributed by atoms with Crippen molar-refractivity contribution in [1.82, 2.24) is 0 Å². The van der Waals surface area contributed by atoms with E-state index in [1.165, 1.54) is 12.1 Å². The standard InChI is InChI=1S/C13H11BrN2O2S/c14-13-7-11(16(17)18)4-1-9(13)8-19-12-5-2-10(15)3-6-12/h1-7H,8,15H2. The molecule has 98 valence electrons. The minimum Gasteiger partial charge on any atom is -0.399 e. The number of anilines is 1. The third-order valence-electron chi connectivity index (χ3n) is 2.52. The summed E-state index contributed by atoms with van der Waals surface area (Å²) in [5, 5.41) is 10.6. The summed E-state index contributed by atoms with van der Waals surface area (Å²) in [7, 11) is 0. The summed E-state index contributed by atoms with van der Waals surface area (Å²) >= 11 is 5.02. The highest BCUT2D eigenvalue weighted by Gasteiger charge is 2.09. The maximum absolute atomic E-state index is 10.6. The van der Waals surface area contributed by atoms with Gasteiger partial charge in [0.15, 0.2) is 0 Å². The van der Waals surface area contributed by atoms with Gasteiger partial charge in [0, 0.05) is 32.9 Å². The fourth-order valence-electron chi connectivity index (χ4n) is 1.49. The average molecular weight is 339 g/mol. The van der Waals surface area contributed by atoms with Crippen LogP contribution < -0.4 is 5.73 Å². The van der Waals surface area contributed by atoms with Crippen LogP contribution in [0.4, 0.5) is 11.4 Å². The molecule has 0 spiro atoms. The molecule has 0 radical (unpaired) electrons. The Labute approximate surface area is 123 Å². The number of nitrogen functional groups attached to an aromatic ring is 1. The number of nitrogens with zero attached hydrogens (tertiary/aromatic N) is 1. The van der Waals surface area contributed by atoms with Crippen LogP contribution in [0.15, 0.2) is 51.8 Å². The number of halogens is 1. The molecule has 0 aliphatic rings. The van der Waals surface area contributed by atoms with Crippen molar-refractivity contribution < 1.29 is 4.92 Å². The Kier molecular flexibility index (Phi) is 4.44. The maximum atomic E-state index is 10.6. The van der Waals surface area contributed by atoms with Gasteiger partial charge in [0.05, 0.1) is 4.92 Å². The Bertz CT molecular complexity index is 602. The van der Waals surface area contributed by atoms with Crippen LogP contribution in [0.3, 0.4) is 0 Å². The number of thioether (sulfide) groups is 1. The molecule has 2 aromatic rings. The van der Waals surface area contributed by atoms with E-state index in [0.717, 1.165) is 26.4 Å². The van der Waals surface area contributed by atoms with Gasteiger partial charge < -0.3 is 5.73 Å². The number of benzene rings is 2. The zero-order chi connectivity index (χ0) is 13.8. The molecule has 0 unspecified atom stereocenters. The zero-order valence-corrected chi connectivity index (χ0v) is 12.3. The second kappa shape index (κ2) is 6.08. The Morgan fingerprint density at radius 1 is 1.21 bits per heavy atom. The van der Waals surface area contributed by atoms with Crippen molar-refractivity contribution in [3.63, 3.8) is 0 Å². The van der Waals surface area contributed by atoms with Gasteiger partial charge in [-0.05, 0) is 29.8 Å². The number of nitro groups is 1. The highest BCUT2D eigenvalue weighted by Crippen LogP contribution is 2.29. The van der Waals surface area contributed by atoms with Crippen LogP contribution in [0.1, 0.15) is 5.56 Å². The third-order valence-corrected chi connectivity index (χ3v) is 4.32. The van der Waals surface area contributed by atoms with Crippen molar-refractivity contribution in [2.75, 3.05) is 5.73 Å². The van der Waals surface area contributed by atoms with Gasteiger partial charge in [-0.15, -0.1) is 11.8 Å². The van der Waals surface area contributed by atoms with Crippen LogP contribution in [-0.4, -0.2) is 4.92 Å². The quantitative estimate of drug-likeness (QED) is 0.392. The molecule has 0 bridgehead atoms. The first-order valence-electron chi connectivity index (χ1n) is 5.47. The predicted molar refractivity (Wildman–Crippen MR) is 81.2 cm³/mol. The van der Waals surface area contributed by atoms with E-state index in [2.05, 4.69) is 15.9 Å². The molecule has 0 saturated carbocycles. The molecular formula is C13H11BrN2O2S. The molecule has 6 heteroatoms. The fourth-order valence-corrected chi connectivity index (χ4v) is 3.09. The molecule has 2 rings (SSSR count). The zero-order valence-electron chi connectivity index (χ0n) is 9.88. The lowest BCUT2D eigenvalue weighted by atomic mass is 10.2. The second-order valence-electron chi connectivity index (χ2n) is 3.89. The molecule has 0 atom stereocenters. The van der Waals surface area contributed by atoms with Gasteiger partial charge in [0.2, 0.25) is 0 Å². The summed E-state index contributed by atoms with van der Waals surface area (Å²) in [6.07, 6.45) is 0. The summed E-state index contributed by atoms with van der Waals surface area (Å²) in [6, 6.07) is 12.4. The minimum absolute atomic E-state index is 0.0908. The molecule has 19 heavy (non-hydrogen) atoms. The number of rotatable bonds is 4. The largest absolute Gasteiger partial charge is 0.399 e. The maximum Gasteiger partial charge on any atom is 0.270 e. The SMILES string of the molecule is Nc1ccc(SCc2ccc([N+](=O)[O-])cc2Br)cc1. The Morgan fingerprint density at radius 3 is 2.47 bits per heavy atom. The van der Waals surface area contributed by atoms with E-state index in [1.54, 1.807) is 17.8 Å². The van der Waals surface area contributed by atoms with Gasteiger partial charge in [0.1, 0.15) is 0 Å². The number of hydrogen-bond donors (Lipinski definition) is 1. The summed E-state index contributed by atoms with van der Waals surface area (Å²) in [5.74, 6) is 0.739. The van der Waals surface area contributed by atoms with E-state index in [4.69, 9.17) is 5.73 Å². The molecule has 0 aromatic heterocycles. The first-order chi connectivity index (χ1) is 9.06. The van der Waals surface area contributed by atoms with Crippen molar-refractivity contribution in [2.45, 2.75) is 10.6 Å². The summed E-state index contributed by atoms with van der Waals surface area (Å²) in [5.41, 5.74) is 7.47. The topological polar surface area (TPSA) is 69.2 Å². The number of non-ortho nitro benzene ring substituents is 1.